The lowest BCUT2D eigenvalue weighted by molar-refractivity contribution is 0.0984. The number of aliphatic imine (C=N–C) groups is 1. The van der Waals surface area contributed by atoms with Gasteiger partial charge in [0.15, 0.2) is 11.6 Å². The van der Waals surface area contributed by atoms with Gasteiger partial charge in [0.05, 0.1) is 11.8 Å². The van der Waals surface area contributed by atoms with Crippen molar-refractivity contribution in [2.24, 2.45) is 4.99 Å². The molecule has 1 atom stereocenters. The molecule has 0 saturated carbocycles. The molecule has 3 heteroatoms. The van der Waals surface area contributed by atoms with E-state index in [-0.39, 0.29) is 17.6 Å². The van der Waals surface area contributed by atoms with Crippen LogP contribution in [-0.4, -0.2) is 23.3 Å². The Morgan fingerprint density at radius 2 is 1.48 bits per heavy atom. The van der Waals surface area contributed by atoms with Gasteiger partial charge in [0.25, 0.3) is 0 Å². The summed E-state index contributed by atoms with van der Waals surface area (Å²) in [6, 6.07) is 25.0. The van der Waals surface area contributed by atoms with Crippen molar-refractivity contribution >= 4 is 17.3 Å². The van der Waals surface area contributed by atoms with Gasteiger partial charge in [-0.3, -0.25) is 14.6 Å². The predicted molar refractivity (Wildman–Crippen MR) is 125 cm³/mol. The molecule has 0 bridgehead atoms. The molecular weight excluding hydrogens is 382 g/mol. The van der Waals surface area contributed by atoms with Crippen LogP contribution in [0.2, 0.25) is 0 Å². The Bertz CT molecular complexity index is 1170. The minimum Gasteiger partial charge on any atom is -0.294 e. The van der Waals surface area contributed by atoms with Crippen molar-refractivity contribution in [2.75, 3.05) is 0 Å². The van der Waals surface area contributed by atoms with Crippen molar-refractivity contribution in [2.45, 2.75) is 32.7 Å². The minimum absolute atomic E-state index is 0.00904. The largest absolute Gasteiger partial charge is 0.294 e. The van der Waals surface area contributed by atoms with E-state index in [1.54, 1.807) is 0 Å². The third-order valence-electron chi connectivity index (χ3n) is 5.61. The van der Waals surface area contributed by atoms with Crippen molar-refractivity contribution < 1.29 is 9.59 Å². The van der Waals surface area contributed by atoms with E-state index in [1.165, 1.54) is 0 Å². The van der Waals surface area contributed by atoms with Crippen molar-refractivity contribution in [1.82, 2.24) is 0 Å². The molecule has 0 aliphatic carbocycles. The molecule has 3 aromatic carbocycles. The molecule has 0 aromatic heterocycles. The fraction of sp³-hybridized carbons (Fsp3) is 0.179. The lowest BCUT2D eigenvalue weighted by Crippen LogP contribution is -2.06. The highest BCUT2D eigenvalue weighted by Crippen LogP contribution is 2.23. The Labute approximate surface area is 183 Å². The van der Waals surface area contributed by atoms with Crippen molar-refractivity contribution in [1.29, 1.82) is 0 Å². The van der Waals surface area contributed by atoms with Gasteiger partial charge >= 0.3 is 0 Å². The van der Waals surface area contributed by atoms with Crippen molar-refractivity contribution in [3.63, 3.8) is 0 Å². The molecule has 3 nitrogen and oxygen atoms in total. The van der Waals surface area contributed by atoms with Crippen LogP contribution in [0.15, 0.2) is 95.5 Å². The third kappa shape index (κ3) is 4.95. The van der Waals surface area contributed by atoms with Gasteiger partial charge < -0.3 is 0 Å². The summed E-state index contributed by atoms with van der Waals surface area (Å²) >= 11 is 0. The second-order valence-electron chi connectivity index (χ2n) is 8.04. The summed E-state index contributed by atoms with van der Waals surface area (Å²) in [5, 5.41) is 0. The van der Waals surface area contributed by atoms with Crippen molar-refractivity contribution in [3.05, 3.63) is 118 Å². The minimum atomic E-state index is -0.00904. The van der Waals surface area contributed by atoms with Gasteiger partial charge in [-0.05, 0) is 42.7 Å². The van der Waals surface area contributed by atoms with Gasteiger partial charge in [-0.1, -0.05) is 78.4 Å². The molecule has 1 heterocycles. The number of carbonyl (C=O) groups excluding carboxylic acids is 2. The number of carbonyl (C=O) groups is 2. The average molecular weight is 408 g/mol. The van der Waals surface area contributed by atoms with Crippen molar-refractivity contribution in [3.8, 4) is 0 Å². The van der Waals surface area contributed by atoms with Gasteiger partial charge in [0, 0.05) is 24.0 Å². The quantitative estimate of drug-likeness (QED) is 0.464. The zero-order valence-corrected chi connectivity index (χ0v) is 17.8. The summed E-state index contributed by atoms with van der Waals surface area (Å²) in [7, 11) is 0. The summed E-state index contributed by atoms with van der Waals surface area (Å²) in [5.74, 6) is 0.227. The number of hydrogen-bond acceptors (Lipinski definition) is 3. The molecule has 1 aliphatic heterocycles. The van der Waals surface area contributed by atoms with Crippen LogP contribution >= 0.6 is 0 Å². The topological polar surface area (TPSA) is 46.5 Å². The smallest absolute Gasteiger partial charge is 0.167 e. The Hall–Kier alpha value is -3.59. The average Bonchev–Trinajstić information content (AvgIpc) is 3.15. The van der Waals surface area contributed by atoms with Crippen LogP contribution in [0, 0.1) is 6.92 Å². The molecule has 1 aliphatic rings. The maximum atomic E-state index is 12.6. The fourth-order valence-electron chi connectivity index (χ4n) is 3.79. The molecule has 4 rings (SSSR count). The highest BCUT2D eigenvalue weighted by Gasteiger charge is 2.20. The first-order valence-corrected chi connectivity index (χ1v) is 10.6. The normalized spacial score (nSPS) is 15.4. The molecule has 31 heavy (non-hydrogen) atoms. The zero-order chi connectivity index (χ0) is 21.8. The summed E-state index contributed by atoms with van der Waals surface area (Å²) in [5.41, 5.74) is 6.46. The lowest BCUT2D eigenvalue weighted by Gasteiger charge is -2.06. The maximum Gasteiger partial charge on any atom is 0.167 e. The number of aryl methyl sites for hydroxylation is 1. The number of ketones is 2. The summed E-state index contributed by atoms with van der Waals surface area (Å²) in [4.78, 5) is 29.8. The molecule has 0 fully saturated rings. The lowest BCUT2D eigenvalue weighted by atomic mass is 9.98. The number of hydrogen-bond donors (Lipinski definition) is 0. The first-order valence-electron chi connectivity index (χ1n) is 10.6. The zero-order valence-electron chi connectivity index (χ0n) is 17.8. The monoisotopic (exact) mass is 407 g/mol. The first kappa shape index (κ1) is 20.7. The van der Waals surface area contributed by atoms with Gasteiger partial charge in [-0.2, -0.15) is 0 Å². The van der Waals surface area contributed by atoms with Gasteiger partial charge in [0.1, 0.15) is 0 Å². The predicted octanol–water partition coefficient (Wildman–Crippen LogP) is 5.81. The van der Waals surface area contributed by atoms with E-state index in [1.807, 2.05) is 98.8 Å². The number of allylic oxidation sites excluding steroid dienone is 1. The third-order valence-corrected chi connectivity index (χ3v) is 5.61. The van der Waals surface area contributed by atoms with Gasteiger partial charge in [-0.25, -0.2) is 0 Å². The summed E-state index contributed by atoms with van der Waals surface area (Å²) in [6.07, 6.45) is 2.78. The van der Waals surface area contributed by atoms with E-state index in [2.05, 4.69) is 0 Å². The van der Waals surface area contributed by atoms with E-state index >= 15 is 0 Å². The Morgan fingerprint density at radius 3 is 2.19 bits per heavy atom. The SMILES string of the molecule is Cc1cccc(C(=O)Cc2ccc(C3=NC(C)C(CC(=O)c4ccccc4)=C3)cc2)c1. The molecule has 0 N–H and O–H groups in total. The van der Waals surface area contributed by atoms with E-state index in [4.69, 9.17) is 4.99 Å². The molecule has 3 aromatic rings. The van der Waals surface area contributed by atoms with E-state index in [0.717, 1.165) is 39.1 Å². The maximum absolute atomic E-state index is 12.6. The van der Waals surface area contributed by atoms with Gasteiger partial charge in [0.2, 0.25) is 0 Å². The number of benzene rings is 3. The molecule has 0 spiro atoms. The van der Waals surface area contributed by atoms with Crippen LogP contribution in [0.1, 0.15) is 50.8 Å². The molecular formula is C28H25NO2. The Morgan fingerprint density at radius 1 is 0.806 bits per heavy atom. The van der Waals surface area contributed by atoms with Gasteiger partial charge in [-0.15, -0.1) is 0 Å². The molecule has 0 amide bonds. The molecule has 1 unspecified atom stereocenters. The first-order chi connectivity index (χ1) is 15.0. The second kappa shape index (κ2) is 9.05. The van der Waals surface area contributed by atoms with E-state index in [0.29, 0.717) is 12.8 Å². The fourth-order valence-corrected chi connectivity index (χ4v) is 3.79. The molecule has 154 valence electrons. The molecule has 0 saturated heterocycles. The highest BCUT2D eigenvalue weighted by atomic mass is 16.1. The van der Waals surface area contributed by atoms with Crippen LogP contribution < -0.4 is 0 Å². The number of Topliss-reactive ketones (excluding diaryl/α,β-unsaturated/α-hetero) is 2. The molecule has 0 radical (unpaired) electrons. The Balaban J connectivity index is 1.43. The Kier molecular flexibility index (Phi) is 6.03. The second-order valence-corrected chi connectivity index (χ2v) is 8.04. The van der Waals surface area contributed by atoms with E-state index in [9.17, 15) is 9.59 Å². The van der Waals surface area contributed by atoms with Crippen LogP contribution in [0.5, 0.6) is 0 Å². The van der Waals surface area contributed by atoms with Crippen LogP contribution in [-0.2, 0) is 6.42 Å². The van der Waals surface area contributed by atoms with Crippen LogP contribution in [0.25, 0.3) is 0 Å². The number of nitrogens with zero attached hydrogens (tertiary/aromatic N) is 1. The number of rotatable bonds is 7. The standard InChI is InChI=1S/C28H25NO2/c1-19-7-6-10-24(15-19)27(30)16-21-11-13-22(14-12-21)26-17-25(20(2)29-26)18-28(31)23-8-4-3-5-9-23/h3-15,17,20H,16,18H2,1-2H3. The van der Waals surface area contributed by atoms with Crippen LogP contribution in [0.4, 0.5) is 0 Å². The highest BCUT2D eigenvalue weighted by molar-refractivity contribution is 6.11. The van der Waals surface area contributed by atoms with Crippen LogP contribution in [0.3, 0.4) is 0 Å². The summed E-state index contributed by atoms with van der Waals surface area (Å²) < 4.78 is 0. The van der Waals surface area contributed by atoms with E-state index < -0.39 is 0 Å². The summed E-state index contributed by atoms with van der Waals surface area (Å²) in [6.45, 7) is 4.01.